The Morgan fingerprint density at radius 3 is 2.62 bits per heavy atom. The largest absolute Gasteiger partial charge is 0.465 e. The number of aryl methyl sites for hydroxylation is 2. The van der Waals surface area contributed by atoms with Gasteiger partial charge in [-0.05, 0) is 26.7 Å². The number of piperidine rings is 1. The van der Waals surface area contributed by atoms with Crippen LogP contribution in [0.15, 0.2) is 9.31 Å². The maximum Gasteiger partial charge on any atom is 0.342 e. The highest BCUT2D eigenvalue weighted by atomic mass is 32.2. The van der Waals surface area contributed by atoms with E-state index in [-0.39, 0.29) is 28.5 Å². The molecule has 1 unspecified atom stereocenters. The summed E-state index contributed by atoms with van der Waals surface area (Å²) < 4.78 is 36.6. The van der Waals surface area contributed by atoms with Crippen molar-refractivity contribution in [2.75, 3.05) is 20.2 Å². The van der Waals surface area contributed by atoms with Crippen molar-refractivity contribution in [3.8, 4) is 0 Å². The summed E-state index contributed by atoms with van der Waals surface area (Å²) in [4.78, 5) is 11.7. The number of hydrogen-bond acceptors (Lipinski definition) is 6. The molecule has 0 saturated carbocycles. The number of ether oxygens (including phenoxy) is 1. The molecule has 21 heavy (non-hydrogen) atoms. The van der Waals surface area contributed by atoms with E-state index in [1.807, 2.05) is 0 Å². The van der Waals surface area contributed by atoms with Crippen LogP contribution in [0.5, 0.6) is 0 Å². The monoisotopic (exact) mass is 317 g/mol. The summed E-state index contributed by atoms with van der Waals surface area (Å²) >= 11 is 0. The molecule has 0 bridgehead atoms. The molecule has 1 fully saturated rings. The number of sulfonamides is 1. The lowest BCUT2D eigenvalue weighted by molar-refractivity contribution is 0.0594. The van der Waals surface area contributed by atoms with Crippen LogP contribution in [0.25, 0.3) is 0 Å². The quantitative estimate of drug-likeness (QED) is 0.829. The van der Waals surface area contributed by atoms with Crippen molar-refractivity contribution < 1.29 is 27.5 Å². The third kappa shape index (κ3) is 2.83. The molecular formula is C13H19NO6S. The number of aliphatic hydroxyl groups excluding tert-OH is 1. The molecule has 1 aliphatic rings. The number of rotatable bonds is 3. The fourth-order valence-corrected chi connectivity index (χ4v) is 4.47. The van der Waals surface area contributed by atoms with E-state index >= 15 is 0 Å². The fraction of sp³-hybridized carbons (Fsp3) is 0.615. The number of aliphatic hydroxyl groups is 1. The molecule has 7 nitrogen and oxygen atoms in total. The molecule has 2 heterocycles. The minimum atomic E-state index is -3.91. The van der Waals surface area contributed by atoms with Crippen molar-refractivity contribution in [2.24, 2.45) is 0 Å². The number of methoxy groups -OCH3 is 1. The molecule has 1 aromatic heterocycles. The number of carbonyl (C=O) groups is 1. The van der Waals surface area contributed by atoms with Crippen molar-refractivity contribution in [1.82, 2.24) is 4.31 Å². The van der Waals surface area contributed by atoms with Gasteiger partial charge < -0.3 is 14.3 Å². The predicted molar refractivity (Wildman–Crippen MR) is 73.5 cm³/mol. The molecule has 0 aliphatic carbocycles. The second kappa shape index (κ2) is 5.78. The molecular weight excluding hydrogens is 298 g/mol. The SMILES string of the molecule is COC(=O)c1c(C)oc(C)c1S(=O)(=O)N1CCCC(O)C1. The number of hydrogen-bond donors (Lipinski definition) is 1. The highest BCUT2D eigenvalue weighted by Crippen LogP contribution is 2.31. The van der Waals surface area contributed by atoms with Crippen LogP contribution in [0.2, 0.25) is 0 Å². The Labute approximate surface area is 123 Å². The van der Waals surface area contributed by atoms with E-state index < -0.39 is 22.1 Å². The van der Waals surface area contributed by atoms with Crippen LogP contribution in [-0.2, 0) is 14.8 Å². The van der Waals surface area contributed by atoms with E-state index in [4.69, 9.17) is 4.42 Å². The third-order valence-electron chi connectivity index (χ3n) is 3.55. The van der Waals surface area contributed by atoms with Crippen molar-refractivity contribution >= 4 is 16.0 Å². The van der Waals surface area contributed by atoms with Crippen LogP contribution in [0.4, 0.5) is 0 Å². The van der Waals surface area contributed by atoms with Crippen LogP contribution in [0.1, 0.15) is 34.7 Å². The summed E-state index contributed by atoms with van der Waals surface area (Å²) in [5.74, 6) is -0.399. The van der Waals surface area contributed by atoms with Gasteiger partial charge in [-0.2, -0.15) is 4.31 Å². The van der Waals surface area contributed by atoms with Gasteiger partial charge in [0.05, 0.1) is 13.2 Å². The number of nitrogens with zero attached hydrogens (tertiary/aromatic N) is 1. The maximum atomic E-state index is 12.8. The van der Waals surface area contributed by atoms with Gasteiger partial charge in [0.2, 0.25) is 10.0 Å². The first-order valence-corrected chi connectivity index (χ1v) is 8.09. The van der Waals surface area contributed by atoms with Crippen LogP contribution >= 0.6 is 0 Å². The molecule has 0 amide bonds. The van der Waals surface area contributed by atoms with Gasteiger partial charge in [0.15, 0.2) is 0 Å². The van der Waals surface area contributed by atoms with Gasteiger partial charge in [-0.3, -0.25) is 0 Å². The van der Waals surface area contributed by atoms with E-state index in [9.17, 15) is 18.3 Å². The molecule has 1 N–H and O–H groups in total. The highest BCUT2D eigenvalue weighted by Gasteiger charge is 2.37. The van der Waals surface area contributed by atoms with E-state index in [2.05, 4.69) is 4.74 Å². The van der Waals surface area contributed by atoms with Gasteiger partial charge in [-0.25, -0.2) is 13.2 Å². The molecule has 1 saturated heterocycles. The summed E-state index contributed by atoms with van der Waals surface area (Å²) in [5, 5.41) is 9.67. The second-order valence-electron chi connectivity index (χ2n) is 5.07. The van der Waals surface area contributed by atoms with E-state index in [0.29, 0.717) is 19.4 Å². The zero-order chi connectivity index (χ0) is 15.8. The van der Waals surface area contributed by atoms with Crippen molar-refractivity contribution in [1.29, 1.82) is 0 Å². The number of carbonyl (C=O) groups excluding carboxylic acids is 1. The predicted octanol–water partition coefficient (Wildman–Crippen LogP) is 0.828. The minimum Gasteiger partial charge on any atom is -0.465 e. The number of esters is 1. The summed E-state index contributed by atoms with van der Waals surface area (Å²) in [6.07, 6.45) is 0.451. The summed E-state index contributed by atoms with van der Waals surface area (Å²) in [7, 11) is -2.73. The van der Waals surface area contributed by atoms with Crippen LogP contribution in [0, 0.1) is 13.8 Å². The smallest absolute Gasteiger partial charge is 0.342 e. The van der Waals surface area contributed by atoms with E-state index in [1.165, 1.54) is 25.3 Å². The van der Waals surface area contributed by atoms with Crippen LogP contribution in [0.3, 0.4) is 0 Å². The molecule has 8 heteroatoms. The molecule has 2 rings (SSSR count). The number of β-amino-alcohol motifs (C(OH)–C–C–N with tert-alkyl or cyclic N) is 1. The van der Waals surface area contributed by atoms with Gasteiger partial charge in [0, 0.05) is 13.1 Å². The first kappa shape index (κ1) is 16.0. The second-order valence-corrected chi connectivity index (χ2v) is 6.94. The lowest BCUT2D eigenvalue weighted by Gasteiger charge is -2.29. The van der Waals surface area contributed by atoms with Crippen molar-refractivity contribution in [3.63, 3.8) is 0 Å². The average molecular weight is 317 g/mol. The van der Waals surface area contributed by atoms with Gasteiger partial charge in [-0.15, -0.1) is 0 Å². The topological polar surface area (TPSA) is 97.0 Å². The first-order chi connectivity index (χ1) is 9.78. The zero-order valence-corrected chi connectivity index (χ0v) is 13.1. The Morgan fingerprint density at radius 1 is 1.38 bits per heavy atom. The molecule has 0 radical (unpaired) electrons. The van der Waals surface area contributed by atoms with E-state index in [0.717, 1.165) is 0 Å². The average Bonchev–Trinajstić information content (AvgIpc) is 2.73. The maximum absolute atomic E-state index is 12.8. The Bertz CT molecular complexity index is 648. The molecule has 1 atom stereocenters. The van der Waals surface area contributed by atoms with E-state index in [1.54, 1.807) is 0 Å². The van der Waals surface area contributed by atoms with Crippen molar-refractivity contribution in [3.05, 3.63) is 17.1 Å². The molecule has 0 aromatic carbocycles. The highest BCUT2D eigenvalue weighted by molar-refractivity contribution is 7.89. The molecule has 1 aromatic rings. The summed E-state index contributed by atoms with van der Waals surface area (Å²) in [6, 6.07) is 0. The third-order valence-corrected chi connectivity index (χ3v) is 5.57. The van der Waals surface area contributed by atoms with Gasteiger partial charge in [0.25, 0.3) is 0 Å². The zero-order valence-electron chi connectivity index (χ0n) is 12.2. The Balaban J connectivity index is 2.52. The molecule has 1 aliphatic heterocycles. The molecule has 118 valence electrons. The Kier molecular flexibility index (Phi) is 4.40. The van der Waals surface area contributed by atoms with Crippen LogP contribution < -0.4 is 0 Å². The first-order valence-electron chi connectivity index (χ1n) is 6.65. The lowest BCUT2D eigenvalue weighted by Crippen LogP contribution is -2.42. The Morgan fingerprint density at radius 2 is 2.05 bits per heavy atom. The molecule has 0 spiro atoms. The van der Waals surface area contributed by atoms with Crippen molar-refractivity contribution in [2.45, 2.75) is 37.7 Å². The van der Waals surface area contributed by atoms with Gasteiger partial charge >= 0.3 is 5.97 Å². The van der Waals surface area contributed by atoms with Crippen LogP contribution in [-0.4, -0.2) is 50.1 Å². The summed E-state index contributed by atoms with van der Waals surface area (Å²) in [5.41, 5.74) is -0.0740. The van der Waals surface area contributed by atoms with Gasteiger partial charge in [0.1, 0.15) is 22.0 Å². The fourth-order valence-electron chi connectivity index (χ4n) is 2.58. The summed E-state index contributed by atoms with van der Waals surface area (Å²) in [6.45, 7) is 3.34. The van der Waals surface area contributed by atoms with Gasteiger partial charge in [-0.1, -0.05) is 0 Å². The normalized spacial score (nSPS) is 20.5. The number of furan rings is 1. The lowest BCUT2D eigenvalue weighted by atomic mass is 10.1. The minimum absolute atomic E-state index is 0.0204. The Hall–Kier alpha value is -1.38. The standard InChI is InChI=1S/C13H19NO6S/c1-8-11(13(16)19-3)12(9(2)20-8)21(17,18)14-6-4-5-10(15)7-14/h10,15H,4-7H2,1-3H3.